The predicted octanol–water partition coefficient (Wildman–Crippen LogP) is 4.29. The second-order valence-electron chi connectivity index (χ2n) is 4.03. The Labute approximate surface area is 90.7 Å². The minimum Gasteiger partial charge on any atom is -0.313 e. The van der Waals surface area contributed by atoms with Gasteiger partial charge in [-0.2, -0.15) is 0 Å². The van der Waals surface area contributed by atoms with Gasteiger partial charge in [0, 0.05) is 6.54 Å². The zero-order valence-electron chi connectivity index (χ0n) is 10.1. The maximum atomic E-state index is 3.24. The zero-order chi connectivity index (χ0) is 10.5. The van der Waals surface area contributed by atoms with E-state index in [9.17, 15) is 0 Å². The summed E-state index contributed by atoms with van der Waals surface area (Å²) < 4.78 is 0. The van der Waals surface area contributed by atoms with E-state index < -0.39 is 0 Å². The Bertz CT molecular complexity index is 79.2. The Hall–Kier alpha value is -0.0400. The normalized spacial score (nSPS) is 10.7. The summed E-state index contributed by atoms with van der Waals surface area (Å²) in [6.45, 7) is 7.69. The fourth-order valence-corrected chi connectivity index (χ4v) is 1.63. The molecule has 0 amide bonds. The summed E-state index contributed by atoms with van der Waals surface area (Å²) in [4.78, 5) is 0. The molecule has 0 bridgehead atoms. The van der Waals surface area contributed by atoms with E-state index in [0.29, 0.717) is 0 Å². The molecule has 1 radical (unpaired) electrons. The maximum absolute atomic E-state index is 3.24. The minimum absolute atomic E-state index is 1.07. The average molecular weight is 198 g/mol. The number of nitrogens with one attached hydrogen (secondary N) is 1. The molecule has 0 spiro atoms. The van der Waals surface area contributed by atoms with E-state index in [1.165, 1.54) is 57.8 Å². The lowest BCUT2D eigenvalue weighted by molar-refractivity contribution is 0.568. The minimum atomic E-state index is 1.07. The Morgan fingerprint density at radius 2 is 1.36 bits per heavy atom. The highest BCUT2D eigenvalue weighted by molar-refractivity contribution is 4.59. The van der Waals surface area contributed by atoms with Gasteiger partial charge in [0.1, 0.15) is 0 Å². The number of unbranched alkanes of at least 4 members (excludes halogenated alkanes) is 8. The first-order valence-corrected chi connectivity index (χ1v) is 6.46. The molecule has 0 saturated carbocycles. The van der Waals surface area contributed by atoms with Crippen LogP contribution in [0.4, 0.5) is 0 Å². The van der Waals surface area contributed by atoms with Crippen molar-refractivity contribution < 1.29 is 0 Å². The molecule has 0 saturated heterocycles. The lowest BCUT2D eigenvalue weighted by Crippen LogP contribution is -2.07. The Balaban J connectivity index is 2.78. The summed E-state index contributed by atoms with van der Waals surface area (Å²) in [6.07, 6.45) is 12.6. The van der Waals surface area contributed by atoms with Crippen molar-refractivity contribution in [3.05, 3.63) is 6.54 Å². The molecule has 0 fully saturated rings. The standard InChI is InChI=1S/C13H28N/c1-3-5-6-7-8-9-10-11-12-13-14-4-2/h13-14H,3-12H2,1-2H3. The first-order valence-electron chi connectivity index (χ1n) is 6.46. The van der Waals surface area contributed by atoms with Crippen LogP contribution in [0.15, 0.2) is 0 Å². The molecule has 0 heterocycles. The number of hydrogen-bond acceptors (Lipinski definition) is 1. The molecule has 1 nitrogen and oxygen atoms in total. The van der Waals surface area contributed by atoms with E-state index in [0.717, 1.165) is 6.54 Å². The second kappa shape index (κ2) is 13.0. The Morgan fingerprint density at radius 1 is 0.786 bits per heavy atom. The van der Waals surface area contributed by atoms with Crippen molar-refractivity contribution in [1.29, 1.82) is 0 Å². The van der Waals surface area contributed by atoms with Gasteiger partial charge in [0.05, 0.1) is 0 Å². The van der Waals surface area contributed by atoms with Crippen LogP contribution in [0.2, 0.25) is 0 Å². The third-order valence-electron chi connectivity index (χ3n) is 2.55. The van der Waals surface area contributed by atoms with Crippen LogP contribution < -0.4 is 5.32 Å². The summed E-state index contributed by atoms with van der Waals surface area (Å²) in [6, 6.07) is 0. The average Bonchev–Trinajstić information content (AvgIpc) is 2.21. The van der Waals surface area contributed by atoms with Gasteiger partial charge in [-0.05, 0) is 13.0 Å². The maximum Gasteiger partial charge on any atom is 0.0221 e. The van der Waals surface area contributed by atoms with Gasteiger partial charge >= 0.3 is 0 Å². The van der Waals surface area contributed by atoms with Gasteiger partial charge in [-0.15, -0.1) is 0 Å². The van der Waals surface area contributed by atoms with E-state index >= 15 is 0 Å². The van der Waals surface area contributed by atoms with E-state index in [-0.39, 0.29) is 0 Å². The molecule has 0 aromatic heterocycles. The Morgan fingerprint density at radius 3 is 1.93 bits per heavy atom. The van der Waals surface area contributed by atoms with Crippen molar-refractivity contribution in [2.45, 2.75) is 71.6 Å². The molecule has 0 aliphatic rings. The zero-order valence-corrected chi connectivity index (χ0v) is 10.1. The fraction of sp³-hybridized carbons (Fsp3) is 0.923. The lowest BCUT2D eigenvalue weighted by Gasteiger charge is -2.02. The summed E-state index contributed by atoms with van der Waals surface area (Å²) in [5, 5.41) is 3.24. The molecule has 0 aromatic carbocycles. The van der Waals surface area contributed by atoms with Gasteiger partial charge in [0.2, 0.25) is 0 Å². The van der Waals surface area contributed by atoms with Gasteiger partial charge in [0.15, 0.2) is 0 Å². The Kier molecular flexibility index (Phi) is 12.9. The van der Waals surface area contributed by atoms with Crippen LogP contribution in [0, 0.1) is 6.54 Å². The van der Waals surface area contributed by atoms with Gasteiger partial charge in [0.25, 0.3) is 0 Å². The van der Waals surface area contributed by atoms with E-state index in [2.05, 4.69) is 25.7 Å². The molecule has 1 N–H and O–H groups in total. The molecule has 0 atom stereocenters. The van der Waals surface area contributed by atoms with Gasteiger partial charge in [-0.1, -0.05) is 65.2 Å². The largest absolute Gasteiger partial charge is 0.313 e. The van der Waals surface area contributed by atoms with Crippen LogP contribution in [-0.4, -0.2) is 6.54 Å². The van der Waals surface area contributed by atoms with Crippen LogP contribution in [0.25, 0.3) is 0 Å². The molecule has 0 unspecified atom stereocenters. The fourth-order valence-electron chi connectivity index (χ4n) is 1.63. The van der Waals surface area contributed by atoms with Crippen molar-refractivity contribution in [1.82, 2.24) is 5.32 Å². The highest BCUT2D eigenvalue weighted by Crippen LogP contribution is 2.09. The first kappa shape index (κ1) is 14.0. The molecule has 0 aromatic rings. The molecular formula is C13H28N. The van der Waals surface area contributed by atoms with Crippen molar-refractivity contribution >= 4 is 0 Å². The summed E-state index contributed by atoms with van der Waals surface area (Å²) in [7, 11) is 0. The second-order valence-corrected chi connectivity index (χ2v) is 4.03. The van der Waals surface area contributed by atoms with E-state index in [1.54, 1.807) is 0 Å². The number of hydrogen-bond donors (Lipinski definition) is 1. The third kappa shape index (κ3) is 12.0. The summed E-state index contributed by atoms with van der Waals surface area (Å²) in [5.74, 6) is 0. The van der Waals surface area contributed by atoms with Crippen molar-refractivity contribution in [3.8, 4) is 0 Å². The topological polar surface area (TPSA) is 12.0 Å². The van der Waals surface area contributed by atoms with Gasteiger partial charge < -0.3 is 5.32 Å². The van der Waals surface area contributed by atoms with Crippen molar-refractivity contribution in [3.63, 3.8) is 0 Å². The quantitative estimate of drug-likeness (QED) is 0.488. The highest BCUT2D eigenvalue weighted by atomic mass is 14.8. The predicted molar refractivity (Wildman–Crippen MR) is 65.2 cm³/mol. The number of rotatable bonds is 11. The molecule has 14 heavy (non-hydrogen) atoms. The van der Waals surface area contributed by atoms with Crippen LogP contribution in [0.5, 0.6) is 0 Å². The SMILES string of the molecule is CCCCCCCCCC[CH]NCC. The van der Waals surface area contributed by atoms with Crippen LogP contribution in [0.3, 0.4) is 0 Å². The van der Waals surface area contributed by atoms with Crippen LogP contribution in [0.1, 0.15) is 71.6 Å². The monoisotopic (exact) mass is 198 g/mol. The third-order valence-corrected chi connectivity index (χ3v) is 2.55. The van der Waals surface area contributed by atoms with Gasteiger partial charge in [-0.3, -0.25) is 0 Å². The molecule has 0 aliphatic carbocycles. The van der Waals surface area contributed by atoms with Crippen LogP contribution in [-0.2, 0) is 0 Å². The summed E-state index contributed by atoms with van der Waals surface area (Å²) >= 11 is 0. The van der Waals surface area contributed by atoms with Gasteiger partial charge in [-0.25, -0.2) is 0 Å². The molecular weight excluding hydrogens is 170 g/mol. The van der Waals surface area contributed by atoms with E-state index in [4.69, 9.17) is 0 Å². The van der Waals surface area contributed by atoms with Crippen molar-refractivity contribution in [2.24, 2.45) is 0 Å². The van der Waals surface area contributed by atoms with Crippen LogP contribution >= 0.6 is 0 Å². The first-order chi connectivity index (χ1) is 6.91. The molecule has 0 aliphatic heterocycles. The highest BCUT2D eigenvalue weighted by Gasteiger charge is 1.91. The molecule has 85 valence electrons. The van der Waals surface area contributed by atoms with E-state index in [1.807, 2.05) is 0 Å². The van der Waals surface area contributed by atoms with Crippen molar-refractivity contribution in [2.75, 3.05) is 6.54 Å². The summed E-state index contributed by atoms with van der Waals surface area (Å²) in [5.41, 5.74) is 0. The molecule has 0 rings (SSSR count). The molecule has 1 heteroatoms. The smallest absolute Gasteiger partial charge is 0.0221 e. The lowest BCUT2D eigenvalue weighted by atomic mass is 10.1.